The Morgan fingerprint density at radius 1 is 1.29 bits per heavy atom. The van der Waals surface area contributed by atoms with Crippen LogP contribution in [-0.2, 0) is 14.8 Å². The van der Waals surface area contributed by atoms with E-state index in [4.69, 9.17) is 16.3 Å². The minimum absolute atomic E-state index is 0.00240. The van der Waals surface area contributed by atoms with E-state index in [-0.39, 0.29) is 17.1 Å². The highest BCUT2D eigenvalue weighted by atomic mass is 35.5. The van der Waals surface area contributed by atoms with Crippen LogP contribution in [0.1, 0.15) is 6.92 Å². The van der Waals surface area contributed by atoms with Gasteiger partial charge >= 0.3 is 0 Å². The maximum absolute atomic E-state index is 12.7. The van der Waals surface area contributed by atoms with Gasteiger partial charge in [-0.15, -0.1) is 0 Å². The highest BCUT2D eigenvalue weighted by Gasteiger charge is 2.30. The molecule has 150 valence electrons. The number of rotatable bonds is 7. The number of amides is 1. The van der Waals surface area contributed by atoms with E-state index in [0.717, 1.165) is 16.6 Å². The quantitative estimate of drug-likeness (QED) is 0.535. The summed E-state index contributed by atoms with van der Waals surface area (Å²) in [5.74, 6) is -0.330. The number of nitro benzene ring substituents is 1. The van der Waals surface area contributed by atoms with Crippen molar-refractivity contribution in [3.63, 3.8) is 0 Å². The fourth-order valence-electron chi connectivity index (χ4n) is 2.57. The van der Waals surface area contributed by atoms with Gasteiger partial charge in [0.1, 0.15) is 11.8 Å². The van der Waals surface area contributed by atoms with E-state index < -0.39 is 26.9 Å². The van der Waals surface area contributed by atoms with Crippen molar-refractivity contribution in [1.29, 1.82) is 0 Å². The molecular weight excluding hydrogens is 410 g/mol. The number of nitro groups is 1. The Balaban J connectivity index is 2.40. The zero-order valence-corrected chi connectivity index (χ0v) is 16.8. The fourth-order valence-corrected chi connectivity index (χ4v) is 3.91. The first-order valence-corrected chi connectivity index (χ1v) is 10.2. The van der Waals surface area contributed by atoms with E-state index in [1.54, 1.807) is 12.1 Å². The minimum Gasteiger partial charge on any atom is -0.495 e. The Kier molecular flexibility index (Phi) is 6.47. The van der Waals surface area contributed by atoms with Crippen molar-refractivity contribution < 1.29 is 22.9 Å². The first kappa shape index (κ1) is 21.5. The van der Waals surface area contributed by atoms with Gasteiger partial charge < -0.3 is 10.1 Å². The van der Waals surface area contributed by atoms with Crippen LogP contribution in [0.2, 0.25) is 5.02 Å². The minimum atomic E-state index is -3.93. The third-order valence-corrected chi connectivity index (χ3v) is 5.28. The number of sulfonamides is 1. The van der Waals surface area contributed by atoms with Crippen molar-refractivity contribution in [1.82, 2.24) is 0 Å². The SMILES string of the molecule is COc1ccc(Cl)cc1NC(=O)[C@H](C)N(c1cccc([N+](=O)[O-])c1)S(C)(=O)=O. The van der Waals surface area contributed by atoms with Gasteiger partial charge in [0.2, 0.25) is 15.9 Å². The van der Waals surface area contributed by atoms with Crippen molar-refractivity contribution in [2.75, 3.05) is 23.0 Å². The molecule has 0 bridgehead atoms. The molecule has 0 aromatic heterocycles. The number of hydrogen-bond acceptors (Lipinski definition) is 6. The number of nitrogens with one attached hydrogen (secondary N) is 1. The van der Waals surface area contributed by atoms with Gasteiger partial charge in [0.05, 0.1) is 29.7 Å². The molecular formula is C17H18ClN3O6S. The lowest BCUT2D eigenvalue weighted by Gasteiger charge is -2.28. The summed E-state index contributed by atoms with van der Waals surface area (Å²) in [5.41, 5.74) is -0.0352. The zero-order valence-electron chi connectivity index (χ0n) is 15.2. The summed E-state index contributed by atoms with van der Waals surface area (Å²) in [7, 11) is -2.52. The topological polar surface area (TPSA) is 119 Å². The predicted molar refractivity (Wildman–Crippen MR) is 107 cm³/mol. The van der Waals surface area contributed by atoms with Crippen LogP contribution < -0.4 is 14.4 Å². The van der Waals surface area contributed by atoms with Crippen LogP contribution in [0.15, 0.2) is 42.5 Å². The number of carbonyl (C=O) groups excluding carboxylic acids is 1. The molecule has 2 rings (SSSR count). The van der Waals surface area contributed by atoms with E-state index in [0.29, 0.717) is 10.8 Å². The number of carbonyl (C=O) groups is 1. The lowest BCUT2D eigenvalue weighted by Crippen LogP contribution is -2.45. The first-order valence-electron chi connectivity index (χ1n) is 7.93. The maximum Gasteiger partial charge on any atom is 0.271 e. The third-order valence-electron chi connectivity index (χ3n) is 3.80. The fraction of sp³-hybridized carbons (Fsp3) is 0.235. The van der Waals surface area contributed by atoms with Crippen LogP contribution in [0, 0.1) is 10.1 Å². The maximum atomic E-state index is 12.7. The molecule has 9 nitrogen and oxygen atoms in total. The molecule has 2 aromatic rings. The molecule has 11 heteroatoms. The second-order valence-corrected chi connectivity index (χ2v) is 8.14. The lowest BCUT2D eigenvalue weighted by molar-refractivity contribution is -0.384. The molecule has 0 unspecified atom stereocenters. The molecule has 0 saturated carbocycles. The highest BCUT2D eigenvalue weighted by molar-refractivity contribution is 7.92. The van der Waals surface area contributed by atoms with E-state index in [2.05, 4.69) is 5.32 Å². The number of halogens is 1. The van der Waals surface area contributed by atoms with Gasteiger partial charge in [-0.3, -0.25) is 19.2 Å². The van der Waals surface area contributed by atoms with Gasteiger partial charge in [-0.05, 0) is 31.2 Å². The summed E-state index contributed by atoms with van der Waals surface area (Å²) in [5, 5.41) is 13.9. The summed E-state index contributed by atoms with van der Waals surface area (Å²) in [6, 6.07) is 8.41. The van der Waals surface area contributed by atoms with Crippen LogP contribution in [0.3, 0.4) is 0 Å². The molecule has 0 spiro atoms. The van der Waals surface area contributed by atoms with Gasteiger partial charge in [-0.1, -0.05) is 17.7 Å². The summed E-state index contributed by atoms with van der Waals surface area (Å²) < 4.78 is 30.6. The standard InChI is InChI=1S/C17H18ClN3O6S/c1-11(17(22)19-15-9-12(18)7-8-16(15)27-2)20(28(3,25)26)13-5-4-6-14(10-13)21(23)24/h4-11H,1-3H3,(H,19,22)/t11-/m0/s1. The van der Waals surface area contributed by atoms with E-state index in [1.165, 1.54) is 38.3 Å². The van der Waals surface area contributed by atoms with Crippen molar-refractivity contribution in [3.05, 3.63) is 57.6 Å². The van der Waals surface area contributed by atoms with Crippen LogP contribution in [0.25, 0.3) is 0 Å². The number of anilines is 2. The van der Waals surface area contributed by atoms with Gasteiger partial charge in [-0.25, -0.2) is 8.42 Å². The van der Waals surface area contributed by atoms with Crippen LogP contribution in [0.5, 0.6) is 5.75 Å². The highest BCUT2D eigenvalue weighted by Crippen LogP contribution is 2.29. The molecule has 1 N–H and O–H groups in total. The smallest absolute Gasteiger partial charge is 0.271 e. The molecule has 0 aliphatic rings. The molecule has 0 aliphatic heterocycles. The van der Waals surface area contributed by atoms with E-state index in [9.17, 15) is 23.3 Å². The first-order chi connectivity index (χ1) is 13.0. The molecule has 0 aliphatic carbocycles. The number of hydrogen-bond donors (Lipinski definition) is 1. The van der Waals surface area contributed by atoms with Gasteiger partial charge in [0.25, 0.3) is 5.69 Å². The number of methoxy groups -OCH3 is 1. The Hall–Kier alpha value is -2.85. The molecule has 0 heterocycles. The number of benzene rings is 2. The average molecular weight is 428 g/mol. The molecule has 1 amide bonds. The number of ether oxygens (including phenoxy) is 1. The van der Waals surface area contributed by atoms with Gasteiger partial charge in [-0.2, -0.15) is 0 Å². The molecule has 1 atom stereocenters. The van der Waals surface area contributed by atoms with E-state index in [1.807, 2.05) is 0 Å². The molecule has 0 fully saturated rings. The Labute approximate surface area is 167 Å². The third kappa shape index (κ3) is 4.90. The Morgan fingerprint density at radius 3 is 2.54 bits per heavy atom. The second kappa shape index (κ2) is 8.44. The lowest BCUT2D eigenvalue weighted by atomic mass is 10.2. The van der Waals surface area contributed by atoms with E-state index >= 15 is 0 Å². The van der Waals surface area contributed by atoms with Crippen molar-refractivity contribution in [3.8, 4) is 5.75 Å². The molecule has 28 heavy (non-hydrogen) atoms. The summed E-state index contributed by atoms with van der Waals surface area (Å²) in [4.78, 5) is 23.1. The van der Waals surface area contributed by atoms with Crippen molar-refractivity contribution in [2.45, 2.75) is 13.0 Å². The monoisotopic (exact) mass is 427 g/mol. The van der Waals surface area contributed by atoms with Crippen LogP contribution >= 0.6 is 11.6 Å². The van der Waals surface area contributed by atoms with Crippen molar-refractivity contribution in [2.24, 2.45) is 0 Å². The zero-order chi connectivity index (χ0) is 21.1. The Morgan fingerprint density at radius 2 is 1.96 bits per heavy atom. The van der Waals surface area contributed by atoms with Gasteiger partial charge in [0, 0.05) is 17.2 Å². The largest absolute Gasteiger partial charge is 0.495 e. The van der Waals surface area contributed by atoms with Crippen LogP contribution in [0.4, 0.5) is 17.1 Å². The second-order valence-electron chi connectivity index (χ2n) is 5.85. The number of nitrogens with zero attached hydrogens (tertiary/aromatic N) is 2. The average Bonchev–Trinajstić information content (AvgIpc) is 2.61. The summed E-state index contributed by atoms with van der Waals surface area (Å²) in [6.45, 7) is 1.37. The van der Waals surface area contributed by atoms with Crippen molar-refractivity contribution >= 4 is 44.6 Å². The molecule has 2 aromatic carbocycles. The van der Waals surface area contributed by atoms with Gasteiger partial charge in [0.15, 0.2) is 0 Å². The Bertz CT molecular complexity index is 1010. The van der Waals surface area contributed by atoms with Crippen LogP contribution in [-0.4, -0.2) is 38.7 Å². The molecule has 0 saturated heterocycles. The summed E-state index contributed by atoms with van der Waals surface area (Å²) >= 11 is 5.94. The molecule has 0 radical (unpaired) electrons. The summed E-state index contributed by atoms with van der Waals surface area (Å²) in [6.07, 6.45) is 0.912. The normalized spacial score (nSPS) is 12.1. The number of non-ortho nitro benzene ring substituents is 1. The predicted octanol–water partition coefficient (Wildman–Crippen LogP) is 3.05.